The Hall–Kier alpha value is -1.76. The van der Waals surface area contributed by atoms with Gasteiger partial charge in [0.05, 0.1) is 0 Å². The van der Waals surface area contributed by atoms with Crippen LogP contribution in [0.1, 0.15) is 11.4 Å². The Morgan fingerprint density at radius 1 is 1.16 bits per heavy atom. The molecule has 1 heterocycles. The van der Waals surface area contributed by atoms with E-state index in [1.54, 1.807) is 24.3 Å². The molecule has 0 aliphatic carbocycles. The van der Waals surface area contributed by atoms with Gasteiger partial charge in [0, 0.05) is 12.1 Å². The van der Waals surface area contributed by atoms with Gasteiger partial charge in [-0.15, -0.1) is 12.4 Å². The van der Waals surface area contributed by atoms with Crippen molar-refractivity contribution in [1.82, 2.24) is 14.8 Å². The van der Waals surface area contributed by atoms with Crippen LogP contribution in [0.15, 0.2) is 30.6 Å². The van der Waals surface area contributed by atoms with E-state index in [4.69, 9.17) is 5.73 Å². The van der Waals surface area contributed by atoms with Crippen LogP contribution in [0.25, 0.3) is 0 Å². The fourth-order valence-electron chi connectivity index (χ4n) is 1.54. The molecule has 0 bridgehead atoms. The van der Waals surface area contributed by atoms with Crippen LogP contribution >= 0.6 is 12.4 Å². The molecule has 104 valence electrons. The van der Waals surface area contributed by atoms with Gasteiger partial charge < -0.3 is 5.73 Å². The van der Waals surface area contributed by atoms with E-state index in [0.29, 0.717) is 5.69 Å². The van der Waals surface area contributed by atoms with E-state index in [1.165, 1.54) is 0 Å². The summed E-state index contributed by atoms with van der Waals surface area (Å²) in [6.07, 6.45) is -2.89. The van der Waals surface area contributed by atoms with Crippen LogP contribution in [0.2, 0.25) is 0 Å². The topological polar surface area (TPSA) is 56.7 Å². The lowest BCUT2D eigenvalue weighted by Gasteiger charge is -2.09. The summed E-state index contributed by atoms with van der Waals surface area (Å²) in [6, 6.07) is 6.89. The van der Waals surface area contributed by atoms with Crippen LogP contribution in [0.4, 0.5) is 18.9 Å². The van der Waals surface area contributed by atoms with Gasteiger partial charge in [-0.05, 0) is 17.7 Å². The first-order chi connectivity index (χ1) is 8.44. The number of nitrogens with zero attached hydrogens (tertiary/aromatic N) is 3. The number of nitrogen functional groups attached to an aromatic ring is 1. The number of anilines is 1. The Labute approximate surface area is 113 Å². The lowest BCUT2D eigenvalue weighted by molar-refractivity contribution is -0.143. The minimum Gasteiger partial charge on any atom is -0.399 e. The molecule has 0 aliphatic heterocycles. The van der Waals surface area contributed by atoms with Crippen molar-refractivity contribution in [3.63, 3.8) is 0 Å². The standard InChI is InChI=1S/C11H11F3N4.ClH/c12-11(13,14)6-18-10(16-7-17-18)5-8-1-3-9(15)4-2-8;/h1-4,7H,5-6,15H2;1H. The highest BCUT2D eigenvalue weighted by Gasteiger charge is 2.29. The molecule has 0 saturated carbocycles. The van der Waals surface area contributed by atoms with E-state index < -0.39 is 12.7 Å². The molecule has 0 radical (unpaired) electrons. The number of rotatable bonds is 3. The maximum Gasteiger partial charge on any atom is 0.408 e. The SMILES string of the molecule is Cl.Nc1ccc(Cc2ncnn2CC(F)(F)F)cc1. The van der Waals surface area contributed by atoms with Gasteiger partial charge in [0.1, 0.15) is 18.7 Å². The largest absolute Gasteiger partial charge is 0.408 e. The van der Waals surface area contributed by atoms with Crippen LogP contribution in [-0.4, -0.2) is 20.9 Å². The molecular weight excluding hydrogens is 281 g/mol. The molecule has 8 heteroatoms. The number of alkyl halides is 3. The summed E-state index contributed by atoms with van der Waals surface area (Å²) in [4.78, 5) is 3.84. The third-order valence-electron chi connectivity index (χ3n) is 2.37. The van der Waals surface area contributed by atoms with Crippen molar-refractivity contribution in [2.75, 3.05) is 5.73 Å². The van der Waals surface area contributed by atoms with Crippen molar-refractivity contribution >= 4 is 18.1 Å². The van der Waals surface area contributed by atoms with Gasteiger partial charge in [-0.1, -0.05) is 12.1 Å². The molecule has 4 nitrogen and oxygen atoms in total. The predicted molar refractivity (Wildman–Crippen MR) is 67.0 cm³/mol. The van der Waals surface area contributed by atoms with Crippen molar-refractivity contribution < 1.29 is 13.2 Å². The molecule has 19 heavy (non-hydrogen) atoms. The van der Waals surface area contributed by atoms with E-state index in [0.717, 1.165) is 16.6 Å². The molecule has 2 rings (SSSR count). The predicted octanol–water partition coefficient (Wildman–Crippen LogP) is 2.44. The summed E-state index contributed by atoms with van der Waals surface area (Å²) in [5.74, 6) is 0.275. The Balaban J connectivity index is 0.00000180. The van der Waals surface area contributed by atoms with Crippen LogP contribution < -0.4 is 5.73 Å². The second kappa shape index (κ2) is 5.92. The summed E-state index contributed by atoms with van der Waals surface area (Å²) in [5, 5.41) is 3.58. The first kappa shape index (κ1) is 15.3. The van der Waals surface area contributed by atoms with Crippen LogP contribution in [0.3, 0.4) is 0 Å². The Morgan fingerprint density at radius 3 is 2.37 bits per heavy atom. The number of hydrogen-bond donors (Lipinski definition) is 1. The number of benzene rings is 1. The van der Waals surface area contributed by atoms with Crippen molar-refractivity contribution in [1.29, 1.82) is 0 Å². The van der Waals surface area contributed by atoms with E-state index in [1.807, 2.05) is 0 Å². The first-order valence-corrected chi connectivity index (χ1v) is 5.22. The average molecular weight is 293 g/mol. The van der Waals surface area contributed by atoms with E-state index in [9.17, 15) is 13.2 Å². The smallest absolute Gasteiger partial charge is 0.399 e. The van der Waals surface area contributed by atoms with Gasteiger partial charge in [-0.25, -0.2) is 9.67 Å². The lowest BCUT2D eigenvalue weighted by Crippen LogP contribution is -2.20. The van der Waals surface area contributed by atoms with E-state index in [2.05, 4.69) is 10.1 Å². The van der Waals surface area contributed by atoms with Crippen LogP contribution in [0, 0.1) is 0 Å². The maximum atomic E-state index is 12.3. The number of halogens is 4. The number of nitrogens with two attached hydrogens (primary N) is 1. The summed E-state index contributed by atoms with van der Waals surface area (Å²) < 4.78 is 37.7. The van der Waals surface area contributed by atoms with Gasteiger partial charge in [-0.2, -0.15) is 18.3 Å². The fraction of sp³-hybridized carbons (Fsp3) is 0.273. The highest BCUT2D eigenvalue weighted by molar-refractivity contribution is 5.85. The molecular formula is C11H12ClF3N4. The molecule has 2 N–H and O–H groups in total. The normalized spacial score (nSPS) is 11.1. The van der Waals surface area contributed by atoms with Gasteiger partial charge >= 0.3 is 6.18 Å². The van der Waals surface area contributed by atoms with Gasteiger partial charge in [0.15, 0.2) is 0 Å². The monoisotopic (exact) mass is 292 g/mol. The minimum atomic E-state index is -4.30. The lowest BCUT2D eigenvalue weighted by atomic mass is 10.1. The Morgan fingerprint density at radius 2 is 1.79 bits per heavy atom. The molecule has 0 aliphatic rings. The zero-order chi connectivity index (χ0) is 13.2. The summed E-state index contributed by atoms with van der Waals surface area (Å²) in [5.41, 5.74) is 6.97. The molecule has 0 atom stereocenters. The second-order valence-corrected chi connectivity index (χ2v) is 3.87. The van der Waals surface area contributed by atoms with Crippen LogP contribution in [-0.2, 0) is 13.0 Å². The second-order valence-electron chi connectivity index (χ2n) is 3.87. The molecule has 1 aromatic heterocycles. The molecule has 0 amide bonds. The molecule has 1 aromatic carbocycles. The first-order valence-electron chi connectivity index (χ1n) is 5.22. The third-order valence-corrected chi connectivity index (χ3v) is 2.37. The quantitative estimate of drug-likeness (QED) is 0.884. The van der Waals surface area contributed by atoms with Crippen molar-refractivity contribution in [3.8, 4) is 0 Å². The van der Waals surface area contributed by atoms with Gasteiger partial charge in [0.25, 0.3) is 0 Å². The molecule has 0 unspecified atom stereocenters. The highest BCUT2D eigenvalue weighted by atomic mass is 35.5. The maximum absolute atomic E-state index is 12.3. The zero-order valence-corrected chi connectivity index (χ0v) is 10.6. The van der Waals surface area contributed by atoms with Crippen molar-refractivity contribution in [2.45, 2.75) is 19.1 Å². The van der Waals surface area contributed by atoms with Crippen molar-refractivity contribution in [2.24, 2.45) is 0 Å². The van der Waals surface area contributed by atoms with E-state index >= 15 is 0 Å². The summed E-state index contributed by atoms with van der Waals surface area (Å²) in [6.45, 7) is -1.13. The molecule has 0 fully saturated rings. The fourth-order valence-corrected chi connectivity index (χ4v) is 1.54. The Kier molecular flexibility index (Phi) is 4.77. The minimum absolute atomic E-state index is 0. The molecule has 0 saturated heterocycles. The summed E-state index contributed by atoms with van der Waals surface area (Å²) in [7, 11) is 0. The highest BCUT2D eigenvalue weighted by Crippen LogP contribution is 2.18. The van der Waals surface area contributed by atoms with Crippen molar-refractivity contribution in [3.05, 3.63) is 42.0 Å². The molecule has 0 spiro atoms. The summed E-state index contributed by atoms with van der Waals surface area (Å²) >= 11 is 0. The number of hydrogen-bond acceptors (Lipinski definition) is 3. The van der Waals surface area contributed by atoms with Gasteiger partial charge in [-0.3, -0.25) is 0 Å². The molecule has 2 aromatic rings. The Bertz CT molecular complexity index is 521. The van der Waals surface area contributed by atoms with Crippen LogP contribution in [0.5, 0.6) is 0 Å². The number of aromatic nitrogens is 3. The third kappa shape index (κ3) is 4.44. The zero-order valence-electron chi connectivity index (χ0n) is 9.76. The van der Waals surface area contributed by atoms with E-state index in [-0.39, 0.29) is 24.7 Å². The van der Waals surface area contributed by atoms with Gasteiger partial charge in [0.2, 0.25) is 0 Å². The average Bonchev–Trinajstić information content (AvgIpc) is 2.67.